The predicted molar refractivity (Wildman–Crippen MR) is 126 cm³/mol. The Hall–Kier alpha value is -2.01. The summed E-state index contributed by atoms with van der Waals surface area (Å²) in [6.07, 6.45) is 9.25. The van der Waals surface area contributed by atoms with E-state index in [4.69, 9.17) is 5.73 Å². The van der Waals surface area contributed by atoms with E-state index < -0.39 is 12.3 Å². The lowest BCUT2D eigenvalue weighted by Gasteiger charge is -2.27. The number of carbonyl (C=O) groups is 1. The molecule has 1 fully saturated rings. The fraction of sp³-hybridized carbons (Fsp3) is 0.773. The van der Waals surface area contributed by atoms with Crippen LogP contribution >= 0.6 is 0 Å². The molecule has 1 aromatic rings. The molecule has 32 heavy (non-hydrogen) atoms. The van der Waals surface area contributed by atoms with Gasteiger partial charge in [-0.1, -0.05) is 12.8 Å². The zero-order valence-electron chi connectivity index (χ0n) is 19.0. The van der Waals surface area contributed by atoms with Gasteiger partial charge in [-0.15, -0.1) is 0 Å². The summed E-state index contributed by atoms with van der Waals surface area (Å²) in [5.41, 5.74) is 6.68. The molecule has 1 aromatic heterocycles. The lowest BCUT2D eigenvalue weighted by atomic mass is 10.1. The van der Waals surface area contributed by atoms with Crippen LogP contribution in [0.15, 0.2) is 6.20 Å². The van der Waals surface area contributed by atoms with Crippen LogP contribution in [0.1, 0.15) is 69.6 Å². The van der Waals surface area contributed by atoms with Gasteiger partial charge >= 0.3 is 0 Å². The molecule has 0 saturated carbocycles. The minimum Gasteiger partial charge on any atom is -0.374 e. The van der Waals surface area contributed by atoms with Crippen molar-refractivity contribution in [1.82, 2.24) is 25.9 Å². The van der Waals surface area contributed by atoms with Gasteiger partial charge in [-0.2, -0.15) is 4.98 Å². The number of amides is 1. The number of hydrogen-bond acceptors (Lipinski definition) is 9. The van der Waals surface area contributed by atoms with E-state index in [1.165, 1.54) is 0 Å². The number of nitrogens with two attached hydrogens (primary N) is 1. The smallest absolute Gasteiger partial charge is 0.236 e. The number of nitrogens with zero attached hydrogens (tertiary/aromatic N) is 2. The maximum atomic E-state index is 12.1. The van der Waals surface area contributed by atoms with Crippen molar-refractivity contribution in [2.24, 2.45) is 5.73 Å². The Kier molecular flexibility index (Phi) is 10.4. The first kappa shape index (κ1) is 24.6. The molecule has 8 N–H and O–H groups in total. The molecule has 0 spiro atoms. The minimum atomic E-state index is -0.829. The second-order valence-corrected chi connectivity index (χ2v) is 8.75. The number of aromatic nitrogens is 2. The Bertz CT molecular complexity index is 699. The number of hydrogen-bond donors (Lipinski definition) is 7. The van der Waals surface area contributed by atoms with Gasteiger partial charge in [0.25, 0.3) is 0 Å². The summed E-state index contributed by atoms with van der Waals surface area (Å²) >= 11 is 0. The molecule has 2 atom stereocenters. The molecule has 3 rings (SSSR count). The Morgan fingerprint density at radius 3 is 2.41 bits per heavy atom. The predicted octanol–water partition coefficient (Wildman–Crippen LogP) is 0.821. The molecule has 2 bridgehead atoms. The highest BCUT2D eigenvalue weighted by molar-refractivity contribution is 5.81. The minimum absolute atomic E-state index is 0.0596. The van der Waals surface area contributed by atoms with Gasteiger partial charge in [0.15, 0.2) is 0 Å². The average molecular weight is 449 g/mol. The molecular formula is C22H40N8O2. The van der Waals surface area contributed by atoms with Crippen LogP contribution in [0.25, 0.3) is 0 Å². The highest BCUT2D eigenvalue weighted by atomic mass is 16.3. The molecule has 10 nitrogen and oxygen atoms in total. The van der Waals surface area contributed by atoms with E-state index in [9.17, 15) is 9.90 Å². The largest absolute Gasteiger partial charge is 0.374 e. The monoisotopic (exact) mass is 448 g/mol. The summed E-state index contributed by atoms with van der Waals surface area (Å²) < 4.78 is 0. The van der Waals surface area contributed by atoms with Crippen molar-refractivity contribution in [3.8, 4) is 0 Å². The van der Waals surface area contributed by atoms with Crippen molar-refractivity contribution in [2.75, 3.05) is 43.4 Å². The number of carbonyl (C=O) groups excluding carboxylic acids is 1. The lowest BCUT2D eigenvalue weighted by Crippen LogP contribution is -2.41. The number of aliphatic hydroxyl groups excluding tert-OH is 1. The fourth-order valence-corrected chi connectivity index (χ4v) is 4.09. The van der Waals surface area contributed by atoms with E-state index in [2.05, 4.69) is 36.6 Å². The zero-order chi connectivity index (χ0) is 22.6. The fourth-order valence-electron chi connectivity index (χ4n) is 4.09. The highest BCUT2D eigenvalue weighted by Gasteiger charge is 2.21. The lowest BCUT2D eigenvalue weighted by molar-refractivity contribution is -0.122. The van der Waals surface area contributed by atoms with Gasteiger partial charge in [-0.3, -0.25) is 10.1 Å². The first-order valence-corrected chi connectivity index (χ1v) is 12.2. The third-order valence-corrected chi connectivity index (χ3v) is 6.10. The number of aliphatic hydroxyl groups is 1. The molecule has 1 amide bonds. The first-order chi connectivity index (χ1) is 15.6. The van der Waals surface area contributed by atoms with Crippen molar-refractivity contribution < 1.29 is 9.90 Å². The summed E-state index contributed by atoms with van der Waals surface area (Å²) in [5.74, 6) is 1.15. The molecular weight excluding hydrogens is 408 g/mol. The SMILES string of the molecule is N[C@H]1CCCCNc2nc(ncc2C(O)NC2CCNCC2)NCCCCCCNC1=O. The number of nitrogens with one attached hydrogen (secondary N) is 5. The number of piperidine rings is 1. The Balaban J connectivity index is 1.63. The normalized spacial score (nSPS) is 23.7. The van der Waals surface area contributed by atoms with Gasteiger partial charge in [-0.05, 0) is 58.0 Å². The Morgan fingerprint density at radius 1 is 0.938 bits per heavy atom. The average Bonchev–Trinajstić information content (AvgIpc) is 2.80. The third-order valence-electron chi connectivity index (χ3n) is 6.10. The van der Waals surface area contributed by atoms with Crippen LogP contribution < -0.4 is 32.3 Å². The van der Waals surface area contributed by atoms with Crippen LogP contribution in [0, 0.1) is 0 Å². The molecule has 1 unspecified atom stereocenters. The number of fused-ring (bicyclic) bond motifs is 2. The van der Waals surface area contributed by atoms with Crippen LogP contribution in [-0.2, 0) is 4.79 Å². The topological polar surface area (TPSA) is 149 Å². The summed E-state index contributed by atoms with van der Waals surface area (Å²) in [7, 11) is 0. The molecule has 10 heteroatoms. The number of rotatable bonds is 3. The van der Waals surface area contributed by atoms with Crippen LogP contribution in [0.2, 0.25) is 0 Å². The van der Waals surface area contributed by atoms with Gasteiger partial charge in [-0.25, -0.2) is 4.98 Å². The maximum Gasteiger partial charge on any atom is 0.236 e. The second kappa shape index (κ2) is 13.5. The second-order valence-electron chi connectivity index (χ2n) is 8.75. The van der Waals surface area contributed by atoms with Crippen LogP contribution in [-0.4, -0.2) is 65.8 Å². The van der Waals surface area contributed by atoms with Gasteiger partial charge in [0, 0.05) is 31.9 Å². The number of anilines is 2. The Labute approximate surface area is 190 Å². The third kappa shape index (κ3) is 8.16. The van der Waals surface area contributed by atoms with Crippen LogP contribution in [0.3, 0.4) is 0 Å². The first-order valence-electron chi connectivity index (χ1n) is 12.2. The highest BCUT2D eigenvalue weighted by Crippen LogP contribution is 2.22. The van der Waals surface area contributed by atoms with Crippen molar-refractivity contribution in [3.05, 3.63) is 11.8 Å². The summed E-state index contributed by atoms with van der Waals surface area (Å²) in [4.78, 5) is 21.2. The van der Waals surface area contributed by atoms with Crippen LogP contribution in [0.4, 0.5) is 11.8 Å². The van der Waals surface area contributed by atoms with Crippen molar-refractivity contribution >= 4 is 17.7 Å². The van der Waals surface area contributed by atoms with Gasteiger partial charge in [0.1, 0.15) is 12.0 Å². The van der Waals surface area contributed by atoms with Crippen molar-refractivity contribution in [2.45, 2.75) is 76.1 Å². The zero-order valence-corrected chi connectivity index (χ0v) is 19.0. The Morgan fingerprint density at radius 2 is 1.62 bits per heavy atom. The van der Waals surface area contributed by atoms with E-state index in [0.717, 1.165) is 71.0 Å². The van der Waals surface area contributed by atoms with Crippen molar-refractivity contribution in [3.63, 3.8) is 0 Å². The van der Waals surface area contributed by atoms with Crippen molar-refractivity contribution in [1.29, 1.82) is 0 Å². The molecule has 0 aromatic carbocycles. The molecule has 180 valence electrons. The van der Waals surface area contributed by atoms with E-state index in [-0.39, 0.29) is 11.9 Å². The quantitative estimate of drug-likeness (QED) is 0.334. The molecule has 2 aliphatic rings. The summed E-state index contributed by atoms with van der Waals surface area (Å²) in [5, 5.41) is 27.1. The molecule has 2 aliphatic heterocycles. The van der Waals surface area contributed by atoms with E-state index >= 15 is 0 Å². The summed E-state index contributed by atoms with van der Waals surface area (Å²) in [6.45, 7) is 4.05. The standard InChI is InChI=1S/C22H40N8O2/c23-18-7-3-6-10-25-19-17(20(31)29-16-8-13-24-14-9-16)15-28-22(30-19)27-12-5-2-1-4-11-26-21(18)32/h15-16,18,20,24,29,31H,1-14,23H2,(H,26,32)(H2,25,27,28,30)/t18-,20?/m0/s1. The molecule has 0 aliphatic carbocycles. The van der Waals surface area contributed by atoms with E-state index in [0.29, 0.717) is 36.8 Å². The van der Waals surface area contributed by atoms with Crippen LogP contribution in [0.5, 0.6) is 0 Å². The van der Waals surface area contributed by atoms with Gasteiger partial charge in [0.05, 0.1) is 11.6 Å². The van der Waals surface area contributed by atoms with E-state index in [1.807, 2.05) is 0 Å². The summed E-state index contributed by atoms with van der Waals surface area (Å²) in [6, 6.07) is -0.196. The maximum absolute atomic E-state index is 12.1. The van der Waals surface area contributed by atoms with Gasteiger partial charge < -0.3 is 32.1 Å². The van der Waals surface area contributed by atoms with Gasteiger partial charge in [0.2, 0.25) is 11.9 Å². The van der Waals surface area contributed by atoms with E-state index in [1.54, 1.807) is 6.20 Å². The molecule has 1 saturated heterocycles. The molecule has 0 radical (unpaired) electrons. The molecule has 3 heterocycles.